The molecule has 2 aliphatic rings. The van der Waals surface area contributed by atoms with Gasteiger partial charge in [-0.25, -0.2) is 0 Å². The van der Waals surface area contributed by atoms with Gasteiger partial charge in [0.05, 0.1) is 6.54 Å². The van der Waals surface area contributed by atoms with Crippen LogP contribution in [0, 0.1) is 0 Å². The Bertz CT molecular complexity index is 559. The average Bonchev–Trinajstić information content (AvgIpc) is 2.64. The highest BCUT2D eigenvalue weighted by Gasteiger charge is 2.35. The van der Waals surface area contributed by atoms with Gasteiger partial charge in [-0.3, -0.25) is 9.69 Å². The number of likely N-dealkylation sites (N-methyl/N-ethyl adjacent to an activating group) is 1. The number of rotatable bonds is 8. The second-order valence-electron chi connectivity index (χ2n) is 7.50. The summed E-state index contributed by atoms with van der Waals surface area (Å²) in [5.74, 6) is 0.930. The zero-order chi connectivity index (χ0) is 18.4. The molecule has 1 aromatic rings. The van der Waals surface area contributed by atoms with Gasteiger partial charge in [0.2, 0.25) is 5.91 Å². The van der Waals surface area contributed by atoms with Gasteiger partial charge >= 0.3 is 0 Å². The molecule has 3 rings (SSSR count). The predicted molar refractivity (Wildman–Crippen MR) is 106 cm³/mol. The Hall–Kier alpha value is -1.59. The molecule has 1 aliphatic carbocycles. The van der Waals surface area contributed by atoms with Gasteiger partial charge in [0.15, 0.2) is 0 Å². The van der Waals surface area contributed by atoms with Crippen molar-refractivity contribution in [3.63, 3.8) is 0 Å². The molecule has 0 radical (unpaired) electrons. The molecule has 0 aromatic heterocycles. The Balaban J connectivity index is 1.40. The van der Waals surface area contributed by atoms with E-state index in [1.165, 1.54) is 32.4 Å². The van der Waals surface area contributed by atoms with Gasteiger partial charge in [-0.1, -0.05) is 20.3 Å². The summed E-state index contributed by atoms with van der Waals surface area (Å²) in [6, 6.07) is 8.49. The van der Waals surface area contributed by atoms with E-state index >= 15 is 0 Å². The molecule has 5 nitrogen and oxygen atoms in total. The van der Waals surface area contributed by atoms with Crippen LogP contribution in [-0.2, 0) is 4.79 Å². The summed E-state index contributed by atoms with van der Waals surface area (Å²) in [5.41, 5.74) is 0.828. The first-order valence-corrected chi connectivity index (χ1v) is 10.2. The number of hydrogen-bond donors (Lipinski definition) is 1. The molecule has 0 atom stereocenters. The Morgan fingerprint density at radius 1 is 1.12 bits per heavy atom. The van der Waals surface area contributed by atoms with Gasteiger partial charge in [-0.15, -0.1) is 0 Å². The van der Waals surface area contributed by atoms with Crippen LogP contribution in [0.3, 0.4) is 0 Å². The maximum atomic E-state index is 12.1. The maximum Gasteiger partial charge on any atom is 0.238 e. The summed E-state index contributed by atoms with van der Waals surface area (Å²) in [5, 5.41) is 2.96. The number of nitrogens with one attached hydrogen (secondary N) is 1. The molecule has 0 unspecified atom stereocenters. The van der Waals surface area contributed by atoms with Crippen molar-refractivity contribution in [3.8, 4) is 5.75 Å². The number of carbonyl (C=O) groups excluding carboxylic acids is 1. The molecule has 5 heteroatoms. The van der Waals surface area contributed by atoms with Crippen molar-refractivity contribution in [3.05, 3.63) is 24.3 Å². The Labute approximate surface area is 157 Å². The second kappa shape index (κ2) is 9.38. The second-order valence-corrected chi connectivity index (χ2v) is 7.50. The minimum atomic E-state index is 0.0331. The molecule has 1 saturated heterocycles. The molecule has 144 valence electrons. The van der Waals surface area contributed by atoms with Crippen molar-refractivity contribution in [1.29, 1.82) is 0 Å². The molecular formula is C21H33N3O2. The van der Waals surface area contributed by atoms with E-state index in [4.69, 9.17) is 4.74 Å². The van der Waals surface area contributed by atoms with E-state index < -0.39 is 0 Å². The molecule has 1 saturated carbocycles. The van der Waals surface area contributed by atoms with Crippen LogP contribution in [-0.4, -0.2) is 60.6 Å². The third-order valence-corrected chi connectivity index (χ3v) is 5.68. The zero-order valence-corrected chi connectivity index (χ0v) is 16.2. The first-order valence-electron chi connectivity index (χ1n) is 10.2. The molecule has 1 amide bonds. The van der Waals surface area contributed by atoms with Gasteiger partial charge in [-0.05, 0) is 63.3 Å². The zero-order valence-electron chi connectivity index (χ0n) is 16.2. The topological polar surface area (TPSA) is 44.8 Å². The third-order valence-electron chi connectivity index (χ3n) is 5.68. The lowest BCUT2D eigenvalue weighted by molar-refractivity contribution is -0.117. The largest absolute Gasteiger partial charge is 0.490 e. The number of amides is 1. The summed E-state index contributed by atoms with van der Waals surface area (Å²) in [7, 11) is 0. The number of piperidine rings is 1. The molecule has 1 N–H and O–H groups in total. The van der Waals surface area contributed by atoms with Crippen LogP contribution >= 0.6 is 0 Å². The lowest BCUT2D eigenvalue weighted by Crippen LogP contribution is -2.50. The first-order chi connectivity index (χ1) is 12.7. The minimum absolute atomic E-state index is 0.0331. The molecular weight excluding hydrogens is 326 g/mol. The normalized spacial score (nSPS) is 23.5. The first kappa shape index (κ1) is 19.2. The summed E-state index contributed by atoms with van der Waals surface area (Å²) in [6.07, 6.45) is 6.71. The average molecular weight is 360 g/mol. The van der Waals surface area contributed by atoms with E-state index in [-0.39, 0.29) is 5.91 Å². The van der Waals surface area contributed by atoms with Crippen molar-refractivity contribution in [2.45, 2.75) is 58.1 Å². The van der Waals surface area contributed by atoms with Gasteiger partial charge in [0.1, 0.15) is 11.9 Å². The van der Waals surface area contributed by atoms with Crippen LogP contribution in [0.4, 0.5) is 5.69 Å². The number of anilines is 1. The van der Waals surface area contributed by atoms with Gasteiger partial charge in [-0.2, -0.15) is 0 Å². The number of ether oxygens (including phenoxy) is 1. The lowest BCUT2D eigenvalue weighted by atomic mass is 9.86. The fourth-order valence-corrected chi connectivity index (χ4v) is 3.88. The van der Waals surface area contributed by atoms with E-state index in [9.17, 15) is 4.79 Å². The quantitative estimate of drug-likeness (QED) is 0.773. The lowest BCUT2D eigenvalue weighted by Gasteiger charge is -2.44. The number of benzene rings is 1. The highest BCUT2D eigenvalue weighted by atomic mass is 16.5. The van der Waals surface area contributed by atoms with E-state index in [2.05, 4.69) is 29.0 Å². The van der Waals surface area contributed by atoms with E-state index in [0.29, 0.717) is 12.6 Å². The summed E-state index contributed by atoms with van der Waals surface area (Å²) >= 11 is 0. The molecule has 0 bridgehead atoms. The van der Waals surface area contributed by atoms with Crippen molar-refractivity contribution < 1.29 is 9.53 Å². The smallest absolute Gasteiger partial charge is 0.238 e. The highest BCUT2D eigenvalue weighted by Crippen LogP contribution is 2.31. The molecule has 26 heavy (non-hydrogen) atoms. The Kier molecular flexibility index (Phi) is 6.92. The number of carbonyl (C=O) groups is 1. The highest BCUT2D eigenvalue weighted by molar-refractivity contribution is 5.92. The van der Waals surface area contributed by atoms with Crippen LogP contribution in [0.15, 0.2) is 24.3 Å². The number of hydrogen-bond acceptors (Lipinski definition) is 4. The van der Waals surface area contributed by atoms with Crippen molar-refractivity contribution in [2.75, 3.05) is 38.0 Å². The minimum Gasteiger partial charge on any atom is -0.490 e. The molecule has 1 heterocycles. The number of nitrogens with zero attached hydrogens (tertiary/aromatic N) is 2. The van der Waals surface area contributed by atoms with Gasteiger partial charge < -0.3 is 15.0 Å². The van der Waals surface area contributed by atoms with Crippen molar-refractivity contribution in [2.24, 2.45) is 0 Å². The standard InChI is InChI=1S/C21H33N3O2/c1-3-23(4-2)16-21(25)22-17-8-10-19(11-9-17)26-20-14-18(15-20)24-12-6-5-7-13-24/h8-11,18,20H,3-7,12-16H2,1-2H3,(H,22,25). The Morgan fingerprint density at radius 2 is 1.77 bits per heavy atom. The van der Waals surface area contributed by atoms with Crippen LogP contribution in [0.25, 0.3) is 0 Å². The number of likely N-dealkylation sites (tertiary alicyclic amines) is 1. The molecule has 2 fully saturated rings. The predicted octanol–water partition coefficient (Wildman–Crippen LogP) is 3.36. The van der Waals surface area contributed by atoms with E-state index in [1.807, 2.05) is 24.3 Å². The van der Waals surface area contributed by atoms with Gasteiger partial charge in [0, 0.05) is 24.6 Å². The van der Waals surface area contributed by atoms with Gasteiger partial charge in [0.25, 0.3) is 0 Å². The maximum absolute atomic E-state index is 12.1. The van der Waals surface area contributed by atoms with Crippen LogP contribution in [0.1, 0.15) is 46.0 Å². The van der Waals surface area contributed by atoms with Crippen LogP contribution < -0.4 is 10.1 Å². The van der Waals surface area contributed by atoms with E-state index in [0.717, 1.165) is 43.4 Å². The van der Waals surface area contributed by atoms with Crippen LogP contribution in [0.2, 0.25) is 0 Å². The van der Waals surface area contributed by atoms with Crippen LogP contribution in [0.5, 0.6) is 5.75 Å². The third kappa shape index (κ3) is 5.21. The van der Waals surface area contributed by atoms with Crippen molar-refractivity contribution in [1.82, 2.24) is 9.80 Å². The van der Waals surface area contributed by atoms with E-state index in [1.54, 1.807) is 0 Å². The monoisotopic (exact) mass is 359 g/mol. The molecule has 1 aliphatic heterocycles. The van der Waals surface area contributed by atoms with Crippen molar-refractivity contribution >= 4 is 11.6 Å². The Morgan fingerprint density at radius 3 is 2.38 bits per heavy atom. The fourth-order valence-electron chi connectivity index (χ4n) is 3.88. The molecule has 1 aromatic carbocycles. The molecule has 0 spiro atoms. The SMILES string of the molecule is CCN(CC)CC(=O)Nc1ccc(OC2CC(N3CCCCC3)C2)cc1. The summed E-state index contributed by atoms with van der Waals surface area (Å²) < 4.78 is 6.08. The fraction of sp³-hybridized carbons (Fsp3) is 0.667. The summed E-state index contributed by atoms with van der Waals surface area (Å²) in [4.78, 5) is 16.8. The summed E-state index contributed by atoms with van der Waals surface area (Å²) in [6.45, 7) is 8.87.